The molecule has 0 aliphatic carbocycles. The second-order valence-corrected chi connectivity index (χ2v) is 4.12. The lowest BCUT2D eigenvalue weighted by molar-refractivity contribution is -0.157. The summed E-state index contributed by atoms with van der Waals surface area (Å²) in [6.45, 7) is 10.2. The van der Waals surface area contributed by atoms with Crippen LogP contribution in [0.25, 0.3) is 0 Å². The molecule has 0 aromatic heterocycles. The van der Waals surface area contributed by atoms with Crippen molar-refractivity contribution in [1.82, 2.24) is 0 Å². The van der Waals surface area contributed by atoms with E-state index in [9.17, 15) is 0 Å². The van der Waals surface area contributed by atoms with Gasteiger partial charge in [-0.3, -0.25) is 0 Å². The van der Waals surface area contributed by atoms with Crippen LogP contribution in [0.3, 0.4) is 0 Å². The first-order valence-corrected chi connectivity index (χ1v) is 4.25. The van der Waals surface area contributed by atoms with Gasteiger partial charge >= 0.3 is 0 Å². The zero-order chi connectivity index (χ0) is 8.70. The molecule has 0 amide bonds. The molecule has 66 valence electrons. The fourth-order valence-corrected chi connectivity index (χ4v) is 1.78. The standard InChI is InChI=1S/C9H18O2/c1-6-7-8(2,3)11-9(4,5)10-7/h7H,6H2,1-5H3/t7-/m1/s1. The molecule has 0 aromatic carbocycles. The van der Waals surface area contributed by atoms with Gasteiger partial charge in [-0.25, -0.2) is 0 Å². The average Bonchev–Trinajstić information content (AvgIpc) is 1.99. The minimum Gasteiger partial charge on any atom is -0.344 e. The molecule has 0 bridgehead atoms. The van der Waals surface area contributed by atoms with E-state index in [0.29, 0.717) is 0 Å². The molecule has 0 radical (unpaired) electrons. The summed E-state index contributed by atoms with van der Waals surface area (Å²) >= 11 is 0. The van der Waals surface area contributed by atoms with Gasteiger partial charge in [0.05, 0.1) is 11.7 Å². The third kappa shape index (κ3) is 1.74. The maximum absolute atomic E-state index is 5.72. The summed E-state index contributed by atoms with van der Waals surface area (Å²) in [5.41, 5.74) is -0.127. The molecule has 0 saturated carbocycles. The van der Waals surface area contributed by atoms with Crippen LogP contribution in [0.15, 0.2) is 0 Å². The minimum atomic E-state index is -0.399. The first kappa shape index (κ1) is 9.01. The van der Waals surface area contributed by atoms with Crippen LogP contribution in [-0.2, 0) is 9.47 Å². The second-order valence-electron chi connectivity index (χ2n) is 4.12. The van der Waals surface area contributed by atoms with Crippen LogP contribution < -0.4 is 0 Å². The molecule has 2 nitrogen and oxygen atoms in total. The van der Waals surface area contributed by atoms with Gasteiger partial charge in [-0.2, -0.15) is 0 Å². The van der Waals surface area contributed by atoms with E-state index in [0.717, 1.165) is 6.42 Å². The zero-order valence-corrected chi connectivity index (χ0v) is 8.10. The van der Waals surface area contributed by atoms with E-state index in [1.165, 1.54) is 0 Å². The summed E-state index contributed by atoms with van der Waals surface area (Å²) < 4.78 is 11.4. The van der Waals surface area contributed by atoms with Crippen LogP contribution in [-0.4, -0.2) is 17.5 Å². The van der Waals surface area contributed by atoms with Crippen LogP contribution in [0.2, 0.25) is 0 Å². The van der Waals surface area contributed by atoms with Crippen molar-refractivity contribution < 1.29 is 9.47 Å². The van der Waals surface area contributed by atoms with Crippen molar-refractivity contribution in [3.63, 3.8) is 0 Å². The van der Waals surface area contributed by atoms with Gasteiger partial charge in [0.15, 0.2) is 5.79 Å². The van der Waals surface area contributed by atoms with Crippen LogP contribution >= 0.6 is 0 Å². The van der Waals surface area contributed by atoms with Gasteiger partial charge in [0.1, 0.15) is 0 Å². The molecule has 2 heteroatoms. The molecule has 1 atom stereocenters. The molecule has 11 heavy (non-hydrogen) atoms. The Morgan fingerprint density at radius 2 is 1.73 bits per heavy atom. The molecule has 1 aliphatic heterocycles. The average molecular weight is 158 g/mol. The molecule has 1 saturated heterocycles. The molecule has 0 spiro atoms. The molecule has 1 rings (SSSR count). The zero-order valence-electron chi connectivity index (χ0n) is 8.10. The van der Waals surface area contributed by atoms with Crippen molar-refractivity contribution in [2.45, 2.75) is 58.5 Å². The lowest BCUT2D eigenvalue weighted by Crippen LogP contribution is -2.32. The first-order valence-electron chi connectivity index (χ1n) is 4.25. The molecule has 1 aliphatic rings. The molecular formula is C9H18O2. The molecule has 0 unspecified atom stereocenters. The number of hydrogen-bond acceptors (Lipinski definition) is 2. The number of rotatable bonds is 1. The Hall–Kier alpha value is -0.0800. The Kier molecular flexibility index (Phi) is 2.01. The fourth-order valence-electron chi connectivity index (χ4n) is 1.78. The van der Waals surface area contributed by atoms with Gasteiger partial charge in [-0.1, -0.05) is 6.92 Å². The summed E-state index contributed by atoms with van der Waals surface area (Å²) in [6.07, 6.45) is 1.24. The van der Waals surface area contributed by atoms with Gasteiger partial charge in [-0.15, -0.1) is 0 Å². The molecular weight excluding hydrogens is 140 g/mol. The van der Waals surface area contributed by atoms with Crippen molar-refractivity contribution >= 4 is 0 Å². The largest absolute Gasteiger partial charge is 0.344 e. The van der Waals surface area contributed by atoms with Gasteiger partial charge in [0.2, 0.25) is 0 Å². The van der Waals surface area contributed by atoms with Crippen molar-refractivity contribution in [3.05, 3.63) is 0 Å². The van der Waals surface area contributed by atoms with E-state index >= 15 is 0 Å². The molecule has 1 fully saturated rings. The van der Waals surface area contributed by atoms with Crippen molar-refractivity contribution in [2.24, 2.45) is 0 Å². The Balaban J connectivity index is 2.71. The van der Waals surface area contributed by atoms with Gasteiger partial charge in [0.25, 0.3) is 0 Å². The summed E-state index contributed by atoms with van der Waals surface area (Å²) in [4.78, 5) is 0. The monoisotopic (exact) mass is 158 g/mol. The lowest BCUT2D eigenvalue weighted by Gasteiger charge is -2.22. The van der Waals surface area contributed by atoms with E-state index in [1.54, 1.807) is 0 Å². The van der Waals surface area contributed by atoms with Gasteiger partial charge < -0.3 is 9.47 Å². The third-order valence-corrected chi connectivity index (χ3v) is 2.08. The molecule has 1 heterocycles. The van der Waals surface area contributed by atoms with E-state index in [1.807, 2.05) is 13.8 Å². The highest BCUT2D eigenvalue weighted by Gasteiger charge is 2.45. The maximum Gasteiger partial charge on any atom is 0.164 e. The topological polar surface area (TPSA) is 18.5 Å². The maximum atomic E-state index is 5.72. The summed E-state index contributed by atoms with van der Waals surface area (Å²) in [7, 11) is 0. The summed E-state index contributed by atoms with van der Waals surface area (Å²) in [5.74, 6) is -0.399. The molecule has 0 N–H and O–H groups in total. The lowest BCUT2D eigenvalue weighted by atomic mass is 10.0. The highest BCUT2D eigenvalue weighted by molar-refractivity contribution is 4.88. The van der Waals surface area contributed by atoms with Gasteiger partial charge in [0, 0.05) is 0 Å². The van der Waals surface area contributed by atoms with Crippen molar-refractivity contribution in [2.75, 3.05) is 0 Å². The Bertz CT molecular complexity index is 150. The smallest absolute Gasteiger partial charge is 0.164 e. The van der Waals surface area contributed by atoms with E-state index in [2.05, 4.69) is 20.8 Å². The van der Waals surface area contributed by atoms with Crippen LogP contribution in [0.4, 0.5) is 0 Å². The second kappa shape index (κ2) is 2.46. The Labute approximate surface area is 68.9 Å². The quantitative estimate of drug-likeness (QED) is 0.583. The van der Waals surface area contributed by atoms with Crippen molar-refractivity contribution in [1.29, 1.82) is 0 Å². The van der Waals surface area contributed by atoms with Crippen molar-refractivity contribution in [3.8, 4) is 0 Å². The third-order valence-electron chi connectivity index (χ3n) is 2.08. The molecule has 0 aromatic rings. The van der Waals surface area contributed by atoms with E-state index in [4.69, 9.17) is 9.47 Å². The summed E-state index contributed by atoms with van der Waals surface area (Å²) in [5, 5.41) is 0. The highest BCUT2D eigenvalue weighted by atomic mass is 16.8. The van der Waals surface area contributed by atoms with Crippen LogP contribution in [0, 0.1) is 0 Å². The fraction of sp³-hybridized carbons (Fsp3) is 1.00. The summed E-state index contributed by atoms with van der Waals surface area (Å²) in [6, 6.07) is 0. The highest BCUT2D eigenvalue weighted by Crippen LogP contribution is 2.37. The minimum absolute atomic E-state index is 0.127. The van der Waals surface area contributed by atoms with Gasteiger partial charge in [-0.05, 0) is 34.1 Å². The Morgan fingerprint density at radius 3 is 1.91 bits per heavy atom. The van der Waals surface area contributed by atoms with E-state index < -0.39 is 5.79 Å². The normalized spacial score (nSPS) is 34.1. The van der Waals surface area contributed by atoms with Crippen LogP contribution in [0.1, 0.15) is 41.0 Å². The first-order chi connectivity index (χ1) is 4.87. The predicted molar refractivity (Wildman–Crippen MR) is 44.4 cm³/mol. The van der Waals surface area contributed by atoms with Crippen LogP contribution in [0.5, 0.6) is 0 Å². The Morgan fingerprint density at radius 1 is 1.18 bits per heavy atom. The SMILES string of the molecule is CC[C@H]1OC(C)(C)OC1(C)C. The predicted octanol–water partition coefficient (Wildman–Crippen LogP) is 2.33. The number of ether oxygens (including phenoxy) is 2. The number of hydrogen-bond donors (Lipinski definition) is 0. The van der Waals surface area contributed by atoms with E-state index in [-0.39, 0.29) is 11.7 Å².